The van der Waals surface area contributed by atoms with Crippen LogP contribution in [0.5, 0.6) is 0 Å². The van der Waals surface area contributed by atoms with Gasteiger partial charge in [0.15, 0.2) is 0 Å². The first kappa shape index (κ1) is 14.7. The van der Waals surface area contributed by atoms with Gasteiger partial charge in [-0.1, -0.05) is 6.42 Å². The van der Waals surface area contributed by atoms with Gasteiger partial charge in [-0.2, -0.15) is 0 Å². The van der Waals surface area contributed by atoms with Crippen molar-refractivity contribution in [2.75, 3.05) is 6.54 Å². The van der Waals surface area contributed by atoms with Crippen molar-refractivity contribution in [1.82, 2.24) is 14.9 Å². The molecule has 22 heavy (non-hydrogen) atoms. The standard InChI is InChI=1S/C16H19FN4O/c17-12-4-6-13(7-5-12)21-10-19-9-15(21)16(22)20-14-3-1-2-11(14)8-18/h4-7,9-11,14H,1-3,8,18H2,(H,20,22). The van der Waals surface area contributed by atoms with Crippen molar-refractivity contribution in [2.45, 2.75) is 25.3 Å². The van der Waals surface area contributed by atoms with Crippen molar-refractivity contribution >= 4 is 5.91 Å². The highest BCUT2D eigenvalue weighted by atomic mass is 19.1. The maximum Gasteiger partial charge on any atom is 0.270 e. The molecule has 0 radical (unpaired) electrons. The van der Waals surface area contributed by atoms with Crippen molar-refractivity contribution in [1.29, 1.82) is 0 Å². The molecule has 5 nitrogen and oxygen atoms in total. The second-order valence-electron chi connectivity index (χ2n) is 5.63. The second kappa shape index (κ2) is 6.27. The quantitative estimate of drug-likeness (QED) is 0.905. The SMILES string of the molecule is NCC1CCCC1NC(=O)c1cncn1-c1ccc(F)cc1. The maximum absolute atomic E-state index is 13.0. The van der Waals surface area contributed by atoms with Gasteiger partial charge >= 0.3 is 0 Å². The van der Waals surface area contributed by atoms with Gasteiger partial charge in [-0.15, -0.1) is 0 Å². The van der Waals surface area contributed by atoms with Crippen molar-refractivity contribution in [3.63, 3.8) is 0 Å². The van der Waals surface area contributed by atoms with E-state index >= 15 is 0 Å². The topological polar surface area (TPSA) is 72.9 Å². The summed E-state index contributed by atoms with van der Waals surface area (Å²) < 4.78 is 14.7. The van der Waals surface area contributed by atoms with Gasteiger partial charge in [-0.25, -0.2) is 9.37 Å². The summed E-state index contributed by atoms with van der Waals surface area (Å²) in [4.78, 5) is 16.5. The Morgan fingerprint density at radius 3 is 2.86 bits per heavy atom. The van der Waals surface area contributed by atoms with E-state index in [1.165, 1.54) is 18.3 Å². The molecule has 3 rings (SSSR count). The van der Waals surface area contributed by atoms with Gasteiger partial charge in [0.05, 0.1) is 12.5 Å². The molecule has 1 aromatic carbocycles. The molecule has 1 aliphatic carbocycles. The molecule has 0 aliphatic heterocycles. The predicted octanol–water partition coefficient (Wildman–Crippen LogP) is 1.87. The molecule has 1 saturated carbocycles. The van der Waals surface area contributed by atoms with Gasteiger partial charge in [-0.05, 0) is 49.6 Å². The molecule has 1 fully saturated rings. The number of nitrogens with zero attached hydrogens (tertiary/aromatic N) is 2. The molecule has 0 spiro atoms. The highest BCUT2D eigenvalue weighted by Gasteiger charge is 2.28. The predicted molar refractivity (Wildman–Crippen MR) is 81.2 cm³/mol. The molecular formula is C16H19FN4O. The minimum Gasteiger partial charge on any atom is -0.348 e. The van der Waals surface area contributed by atoms with Crippen LogP contribution in [-0.4, -0.2) is 28.0 Å². The summed E-state index contributed by atoms with van der Waals surface area (Å²) in [7, 11) is 0. The van der Waals surface area contributed by atoms with Crippen LogP contribution < -0.4 is 11.1 Å². The van der Waals surface area contributed by atoms with Gasteiger partial charge in [0, 0.05) is 11.7 Å². The Labute approximate surface area is 128 Å². The van der Waals surface area contributed by atoms with Crippen molar-refractivity contribution in [3.8, 4) is 5.69 Å². The molecule has 6 heteroatoms. The zero-order valence-corrected chi connectivity index (χ0v) is 12.2. The van der Waals surface area contributed by atoms with Crippen LogP contribution in [-0.2, 0) is 0 Å². The number of halogens is 1. The third-order valence-electron chi connectivity index (χ3n) is 4.25. The number of imidazole rings is 1. The largest absolute Gasteiger partial charge is 0.348 e. The average Bonchev–Trinajstić information content (AvgIpc) is 3.16. The van der Waals surface area contributed by atoms with E-state index in [2.05, 4.69) is 10.3 Å². The van der Waals surface area contributed by atoms with Crippen LogP contribution in [0.4, 0.5) is 4.39 Å². The summed E-state index contributed by atoms with van der Waals surface area (Å²) in [6.45, 7) is 0.585. The summed E-state index contributed by atoms with van der Waals surface area (Å²) >= 11 is 0. The third-order valence-corrected chi connectivity index (χ3v) is 4.25. The molecule has 2 aromatic rings. The number of benzene rings is 1. The van der Waals surface area contributed by atoms with Gasteiger partial charge in [-0.3, -0.25) is 9.36 Å². The fraction of sp³-hybridized carbons (Fsp3) is 0.375. The van der Waals surface area contributed by atoms with Crippen LogP contribution in [0.25, 0.3) is 5.69 Å². The first-order valence-corrected chi connectivity index (χ1v) is 7.48. The van der Waals surface area contributed by atoms with Crippen LogP contribution >= 0.6 is 0 Å². The van der Waals surface area contributed by atoms with Gasteiger partial charge in [0.2, 0.25) is 0 Å². The lowest BCUT2D eigenvalue weighted by molar-refractivity contribution is 0.0922. The molecule has 0 saturated heterocycles. The fourth-order valence-corrected chi connectivity index (χ4v) is 3.02. The van der Waals surface area contributed by atoms with Crippen LogP contribution in [0, 0.1) is 11.7 Å². The fourth-order valence-electron chi connectivity index (χ4n) is 3.02. The molecule has 0 bridgehead atoms. The van der Waals surface area contributed by atoms with E-state index in [-0.39, 0.29) is 17.8 Å². The van der Waals surface area contributed by atoms with Crippen molar-refractivity contribution < 1.29 is 9.18 Å². The smallest absolute Gasteiger partial charge is 0.270 e. The lowest BCUT2D eigenvalue weighted by atomic mass is 10.0. The Balaban J connectivity index is 1.79. The van der Waals surface area contributed by atoms with Crippen LogP contribution in [0.15, 0.2) is 36.8 Å². The highest BCUT2D eigenvalue weighted by molar-refractivity contribution is 5.93. The van der Waals surface area contributed by atoms with E-state index in [0.717, 1.165) is 19.3 Å². The van der Waals surface area contributed by atoms with E-state index in [1.807, 2.05) is 0 Å². The van der Waals surface area contributed by atoms with E-state index in [4.69, 9.17) is 5.73 Å². The minimum atomic E-state index is -0.313. The van der Waals surface area contributed by atoms with Crippen molar-refractivity contribution in [2.24, 2.45) is 11.7 Å². The molecule has 1 amide bonds. The molecule has 1 heterocycles. The number of aromatic nitrogens is 2. The molecule has 2 unspecified atom stereocenters. The summed E-state index contributed by atoms with van der Waals surface area (Å²) in [6.07, 6.45) is 6.17. The molecule has 2 atom stereocenters. The zero-order chi connectivity index (χ0) is 15.5. The summed E-state index contributed by atoms with van der Waals surface area (Å²) in [5.74, 6) is -0.148. The van der Waals surface area contributed by atoms with Crippen LogP contribution in [0.3, 0.4) is 0 Å². The zero-order valence-electron chi connectivity index (χ0n) is 12.2. The number of hydrogen-bond donors (Lipinski definition) is 2. The number of nitrogens with two attached hydrogens (primary N) is 1. The maximum atomic E-state index is 13.0. The number of nitrogens with one attached hydrogen (secondary N) is 1. The Hall–Kier alpha value is -2.21. The average molecular weight is 302 g/mol. The van der Waals surface area contributed by atoms with Crippen LogP contribution in [0.2, 0.25) is 0 Å². The molecule has 116 valence electrons. The second-order valence-corrected chi connectivity index (χ2v) is 5.63. The Kier molecular flexibility index (Phi) is 4.20. The highest BCUT2D eigenvalue weighted by Crippen LogP contribution is 2.25. The van der Waals surface area contributed by atoms with Gasteiger partial charge in [0.25, 0.3) is 5.91 Å². The summed E-state index contributed by atoms with van der Waals surface area (Å²) in [5, 5.41) is 3.05. The normalized spacial score (nSPS) is 21.0. The summed E-state index contributed by atoms with van der Waals surface area (Å²) in [6, 6.07) is 6.07. The summed E-state index contributed by atoms with van der Waals surface area (Å²) in [5.41, 5.74) is 6.89. The molecule has 3 N–H and O–H groups in total. The Morgan fingerprint density at radius 1 is 1.36 bits per heavy atom. The number of rotatable bonds is 4. The van der Waals surface area contributed by atoms with E-state index < -0.39 is 0 Å². The number of hydrogen-bond acceptors (Lipinski definition) is 3. The van der Waals surface area contributed by atoms with Gasteiger partial charge in [0.1, 0.15) is 11.5 Å². The molecule has 1 aliphatic rings. The third kappa shape index (κ3) is 2.87. The van der Waals surface area contributed by atoms with E-state index in [9.17, 15) is 9.18 Å². The molecule has 1 aromatic heterocycles. The molecular weight excluding hydrogens is 283 g/mol. The van der Waals surface area contributed by atoms with Gasteiger partial charge < -0.3 is 11.1 Å². The first-order chi connectivity index (χ1) is 10.7. The van der Waals surface area contributed by atoms with Crippen molar-refractivity contribution in [3.05, 3.63) is 48.3 Å². The number of amides is 1. The van der Waals surface area contributed by atoms with E-state index in [0.29, 0.717) is 23.8 Å². The van der Waals surface area contributed by atoms with E-state index in [1.54, 1.807) is 23.0 Å². The Bertz CT molecular complexity index is 652. The Morgan fingerprint density at radius 2 is 2.14 bits per heavy atom. The first-order valence-electron chi connectivity index (χ1n) is 7.48. The number of carbonyl (C=O) groups excluding carboxylic acids is 1. The minimum absolute atomic E-state index is 0.120. The van der Waals surface area contributed by atoms with Crippen LogP contribution in [0.1, 0.15) is 29.8 Å². The lowest BCUT2D eigenvalue weighted by Gasteiger charge is -2.19. The lowest BCUT2D eigenvalue weighted by Crippen LogP contribution is -2.40. The number of carbonyl (C=O) groups is 1. The monoisotopic (exact) mass is 302 g/mol.